The van der Waals surface area contributed by atoms with Gasteiger partial charge in [0.2, 0.25) is 5.88 Å². The Balaban J connectivity index is 1.50. The van der Waals surface area contributed by atoms with Crippen molar-refractivity contribution >= 4 is 11.3 Å². The van der Waals surface area contributed by atoms with Gasteiger partial charge in [0.25, 0.3) is 5.69 Å². The highest BCUT2D eigenvalue weighted by Gasteiger charge is 2.22. The van der Waals surface area contributed by atoms with E-state index in [0.717, 1.165) is 28.3 Å². The summed E-state index contributed by atoms with van der Waals surface area (Å²) in [5.41, 5.74) is 5.44. The fourth-order valence-electron chi connectivity index (χ4n) is 4.59. The Bertz CT molecular complexity index is 1730. The summed E-state index contributed by atoms with van der Waals surface area (Å²) < 4.78 is 13.9. The van der Waals surface area contributed by atoms with Crippen LogP contribution in [-0.2, 0) is 19.4 Å². The lowest BCUT2D eigenvalue weighted by Gasteiger charge is -2.11. The fraction of sp³-hybridized carbons (Fsp3) is 0.0968. The van der Waals surface area contributed by atoms with Gasteiger partial charge in [-0.25, -0.2) is 9.97 Å². The summed E-state index contributed by atoms with van der Waals surface area (Å²) >= 11 is 0. The number of hydrogen-bond acceptors (Lipinski definition) is 6. The van der Waals surface area contributed by atoms with Gasteiger partial charge >= 0.3 is 0 Å². The number of hydrogen-bond donors (Lipinski definition) is 0. The van der Waals surface area contributed by atoms with Crippen molar-refractivity contribution in [3.63, 3.8) is 0 Å². The molecule has 8 nitrogen and oxygen atoms in total. The Hall–Kier alpha value is -5.24. The first-order chi connectivity index (χ1) is 19.2. The van der Waals surface area contributed by atoms with E-state index in [0.29, 0.717) is 35.6 Å². The van der Waals surface area contributed by atoms with E-state index in [2.05, 4.69) is 12.1 Å². The van der Waals surface area contributed by atoms with Crippen LogP contribution in [0.4, 0.5) is 5.69 Å². The van der Waals surface area contributed by atoms with Gasteiger partial charge in [-0.15, -0.1) is 0 Å². The van der Waals surface area contributed by atoms with Crippen molar-refractivity contribution in [2.75, 3.05) is 0 Å². The molecule has 0 radical (unpaired) electrons. The minimum Gasteiger partial charge on any atom is -0.472 e. The quantitative estimate of drug-likeness (QED) is 0.158. The summed E-state index contributed by atoms with van der Waals surface area (Å²) in [4.78, 5) is 21.2. The van der Waals surface area contributed by atoms with E-state index in [1.165, 1.54) is 6.07 Å². The smallest absolute Gasteiger partial charge is 0.276 e. The molecule has 0 saturated carbocycles. The molecule has 0 bridgehead atoms. The zero-order valence-electron chi connectivity index (χ0n) is 20.9. The summed E-state index contributed by atoms with van der Waals surface area (Å²) in [5, 5.41) is 11.6. The highest BCUT2D eigenvalue weighted by Crippen LogP contribution is 2.30. The molecule has 0 atom stereocenters. The number of nitrogens with zero attached hydrogens (tertiary/aromatic N) is 4. The average Bonchev–Trinajstić information content (AvgIpc) is 3.61. The summed E-state index contributed by atoms with van der Waals surface area (Å²) in [5.74, 6) is 1.23. The SMILES string of the molecule is O=[N+]([O-])c1ccccc1COc1c(Cc2ccco2)nc2c(Cc3ccccc3)nc(-c3ccccc3)cn12. The molecule has 3 aromatic carbocycles. The first kappa shape index (κ1) is 24.1. The zero-order valence-corrected chi connectivity index (χ0v) is 20.9. The minimum atomic E-state index is -0.396. The third kappa shape index (κ3) is 5.13. The standard InChI is InChI=1S/C31H24N4O4/c36-35(37)29-16-8-7-14-24(29)21-39-31-27(19-25-15-9-17-38-25)33-30-26(18-22-10-3-1-4-11-22)32-28(20-34(30)31)23-12-5-2-6-13-23/h1-17,20H,18-19,21H2. The van der Waals surface area contributed by atoms with Crippen molar-refractivity contribution < 1.29 is 14.1 Å². The van der Waals surface area contributed by atoms with Crippen LogP contribution in [0.1, 0.15) is 28.3 Å². The molecule has 3 heterocycles. The molecule has 39 heavy (non-hydrogen) atoms. The lowest BCUT2D eigenvalue weighted by molar-refractivity contribution is -0.385. The molecule has 0 fully saturated rings. The molecule has 0 unspecified atom stereocenters. The van der Waals surface area contributed by atoms with E-state index in [1.54, 1.807) is 24.5 Å². The number of ether oxygens (including phenoxy) is 1. The number of benzene rings is 3. The van der Waals surface area contributed by atoms with Gasteiger partial charge in [0, 0.05) is 24.2 Å². The van der Waals surface area contributed by atoms with Crippen LogP contribution in [0, 0.1) is 10.1 Å². The van der Waals surface area contributed by atoms with Crippen LogP contribution in [0.5, 0.6) is 5.88 Å². The van der Waals surface area contributed by atoms with E-state index in [4.69, 9.17) is 19.1 Å². The molecular weight excluding hydrogens is 492 g/mol. The van der Waals surface area contributed by atoms with E-state index in [-0.39, 0.29) is 12.3 Å². The Kier molecular flexibility index (Phi) is 6.57. The molecule has 3 aromatic heterocycles. The van der Waals surface area contributed by atoms with Crippen LogP contribution >= 0.6 is 0 Å². The number of fused-ring (bicyclic) bond motifs is 1. The molecule has 8 heteroatoms. The van der Waals surface area contributed by atoms with Gasteiger partial charge in [-0.3, -0.25) is 14.5 Å². The first-order valence-electron chi connectivity index (χ1n) is 12.5. The molecule has 0 aliphatic rings. The second-order valence-electron chi connectivity index (χ2n) is 9.09. The van der Waals surface area contributed by atoms with Gasteiger partial charge in [-0.1, -0.05) is 72.8 Å². The maximum Gasteiger partial charge on any atom is 0.276 e. The molecule has 0 saturated heterocycles. The van der Waals surface area contributed by atoms with Crippen molar-refractivity contribution in [3.8, 4) is 17.1 Å². The van der Waals surface area contributed by atoms with Gasteiger partial charge in [0.05, 0.1) is 34.6 Å². The molecule has 0 aliphatic heterocycles. The lowest BCUT2D eigenvalue weighted by Crippen LogP contribution is -2.05. The summed E-state index contributed by atoms with van der Waals surface area (Å²) in [6.07, 6.45) is 4.50. The van der Waals surface area contributed by atoms with Crippen molar-refractivity contribution in [2.24, 2.45) is 0 Å². The lowest BCUT2D eigenvalue weighted by atomic mass is 10.1. The Morgan fingerprint density at radius 3 is 2.31 bits per heavy atom. The van der Waals surface area contributed by atoms with Crippen LogP contribution in [0.3, 0.4) is 0 Å². The maximum absolute atomic E-state index is 11.6. The monoisotopic (exact) mass is 516 g/mol. The summed E-state index contributed by atoms with van der Waals surface area (Å²) in [6.45, 7) is 0.00706. The van der Waals surface area contributed by atoms with Crippen molar-refractivity contribution in [1.29, 1.82) is 0 Å². The van der Waals surface area contributed by atoms with Gasteiger partial charge in [0.1, 0.15) is 18.1 Å². The second kappa shape index (κ2) is 10.6. The van der Waals surface area contributed by atoms with Gasteiger partial charge < -0.3 is 9.15 Å². The molecule has 0 amide bonds. The highest BCUT2D eigenvalue weighted by molar-refractivity contribution is 5.63. The number of imidazole rings is 1. The van der Waals surface area contributed by atoms with Crippen molar-refractivity contribution in [3.05, 3.63) is 148 Å². The topological polar surface area (TPSA) is 95.7 Å². The number of aromatic nitrogens is 3. The number of furan rings is 1. The molecule has 0 spiro atoms. The Morgan fingerprint density at radius 1 is 0.821 bits per heavy atom. The largest absolute Gasteiger partial charge is 0.472 e. The van der Waals surface area contributed by atoms with Crippen LogP contribution in [0.25, 0.3) is 16.9 Å². The van der Waals surface area contributed by atoms with Gasteiger partial charge in [0.15, 0.2) is 5.65 Å². The molecule has 0 N–H and O–H groups in total. The van der Waals surface area contributed by atoms with Crippen LogP contribution in [0.2, 0.25) is 0 Å². The van der Waals surface area contributed by atoms with Gasteiger partial charge in [-0.05, 0) is 23.8 Å². The predicted octanol–water partition coefficient (Wildman–Crippen LogP) is 6.66. The summed E-state index contributed by atoms with van der Waals surface area (Å²) in [6, 6.07) is 30.3. The second-order valence-corrected chi connectivity index (χ2v) is 9.09. The normalized spacial score (nSPS) is 11.1. The van der Waals surface area contributed by atoms with Crippen molar-refractivity contribution in [1.82, 2.24) is 14.4 Å². The first-order valence-corrected chi connectivity index (χ1v) is 12.5. The fourth-order valence-corrected chi connectivity index (χ4v) is 4.59. The molecule has 6 aromatic rings. The molecule has 0 aliphatic carbocycles. The number of para-hydroxylation sites is 1. The third-order valence-corrected chi connectivity index (χ3v) is 6.46. The van der Waals surface area contributed by atoms with E-state index in [1.807, 2.05) is 71.3 Å². The van der Waals surface area contributed by atoms with Crippen LogP contribution in [-0.4, -0.2) is 19.3 Å². The molecular formula is C31H24N4O4. The van der Waals surface area contributed by atoms with Gasteiger partial charge in [-0.2, -0.15) is 0 Å². The van der Waals surface area contributed by atoms with E-state index in [9.17, 15) is 10.1 Å². The van der Waals surface area contributed by atoms with Crippen molar-refractivity contribution in [2.45, 2.75) is 19.4 Å². The maximum atomic E-state index is 11.6. The van der Waals surface area contributed by atoms with Crippen LogP contribution < -0.4 is 4.74 Å². The van der Waals surface area contributed by atoms with E-state index >= 15 is 0 Å². The highest BCUT2D eigenvalue weighted by atomic mass is 16.6. The minimum absolute atomic E-state index is 0.00706. The molecule has 192 valence electrons. The Morgan fingerprint density at radius 2 is 1.56 bits per heavy atom. The van der Waals surface area contributed by atoms with Crippen LogP contribution in [0.15, 0.2) is 114 Å². The Labute approximate surface area is 224 Å². The number of nitro groups is 1. The zero-order chi connectivity index (χ0) is 26.6. The average molecular weight is 517 g/mol. The number of nitro benzene ring substituents is 1. The predicted molar refractivity (Wildman–Crippen MR) is 147 cm³/mol. The number of rotatable bonds is 9. The molecule has 6 rings (SSSR count). The van der Waals surface area contributed by atoms with E-state index < -0.39 is 4.92 Å². The third-order valence-electron chi connectivity index (χ3n) is 6.46. The summed E-state index contributed by atoms with van der Waals surface area (Å²) in [7, 11) is 0.